The van der Waals surface area contributed by atoms with Gasteiger partial charge >= 0.3 is 0 Å². The van der Waals surface area contributed by atoms with Gasteiger partial charge in [0.25, 0.3) is 0 Å². The maximum absolute atomic E-state index is 13.8. The summed E-state index contributed by atoms with van der Waals surface area (Å²) in [5.74, 6) is 9.02. The molecule has 0 radical (unpaired) electrons. The number of para-hydroxylation sites is 3. The van der Waals surface area contributed by atoms with Gasteiger partial charge in [-0.25, -0.2) is 4.39 Å². The van der Waals surface area contributed by atoms with Gasteiger partial charge in [-0.2, -0.15) is 0 Å². The highest BCUT2D eigenvalue weighted by Gasteiger charge is 2.23. The zero-order chi connectivity index (χ0) is 97.5. The lowest BCUT2D eigenvalue weighted by atomic mass is 10.2. The number of nitrogens with zero attached hydrogens (tertiary/aromatic N) is 5. The summed E-state index contributed by atoms with van der Waals surface area (Å²) in [6.45, 7) is 6.83. The van der Waals surface area contributed by atoms with Crippen molar-refractivity contribution in [2.75, 3.05) is 145 Å². The van der Waals surface area contributed by atoms with Gasteiger partial charge in [0.1, 0.15) is 73.3 Å². The van der Waals surface area contributed by atoms with Gasteiger partial charge in [0.15, 0.2) is 34.5 Å². The predicted octanol–water partition coefficient (Wildman–Crippen LogP) is 20.6. The number of halogens is 1. The lowest BCUT2D eigenvalue weighted by Gasteiger charge is -2.21. The number of methoxy groups -OCH3 is 7. The van der Waals surface area contributed by atoms with Crippen LogP contribution in [0.1, 0.15) is 38.9 Å². The maximum Gasteiger partial charge on any atom is 0.169 e. The van der Waals surface area contributed by atoms with Gasteiger partial charge in [0.05, 0.1) is 49.8 Å². The van der Waals surface area contributed by atoms with Crippen LogP contribution >= 0.6 is 42.9 Å². The molecule has 712 valence electrons. The third-order valence-electron chi connectivity index (χ3n) is 21.6. The Bertz CT molecular complexity index is 6270. The Labute approximate surface area is 819 Å². The Morgan fingerprint density at radius 2 is 0.533 bits per heavy atom. The second-order valence-corrected chi connectivity index (χ2v) is 39.2. The molecule has 0 saturated heterocycles. The van der Waals surface area contributed by atoms with Crippen molar-refractivity contribution in [1.29, 1.82) is 0 Å². The molecule has 0 N–H and O–H groups in total. The molecule has 0 aromatic heterocycles. The molecule has 5 unspecified atom stereocenters. The zero-order valence-electron chi connectivity index (χ0n) is 81.8. The molecule has 17 nitrogen and oxygen atoms in total. The molecular weight excluding hydrogens is 1810 g/mol. The molecule has 0 heterocycles. The molecular formula is C114H127FN5O12P5. The third-order valence-corrected chi connectivity index (χ3v) is 28.5. The first-order chi connectivity index (χ1) is 66.5. The highest BCUT2D eigenvalue weighted by molar-refractivity contribution is 7.57. The third kappa shape index (κ3) is 31.3. The molecule has 5 atom stereocenters. The van der Waals surface area contributed by atoms with E-state index >= 15 is 0 Å². The van der Waals surface area contributed by atoms with Gasteiger partial charge < -0.3 is 81.3 Å². The topological polar surface area (TPSA) is 127 Å². The van der Waals surface area contributed by atoms with Gasteiger partial charge in [0.2, 0.25) is 0 Å². The first-order valence-corrected chi connectivity index (χ1v) is 49.8. The number of anilines is 5. The number of hydrogen-bond donors (Lipinski definition) is 0. The van der Waals surface area contributed by atoms with Crippen molar-refractivity contribution < 1.29 is 61.2 Å². The van der Waals surface area contributed by atoms with Crippen molar-refractivity contribution >= 4 is 124 Å². The highest BCUT2D eigenvalue weighted by atomic mass is 31.1. The fraction of sp³-hybridized carbons (Fsp3) is 0.211. The Morgan fingerprint density at radius 3 is 0.912 bits per heavy atom. The molecule has 0 aliphatic carbocycles. The van der Waals surface area contributed by atoms with Gasteiger partial charge in [-0.15, -0.1) is 0 Å². The van der Waals surface area contributed by atoms with E-state index in [9.17, 15) is 4.39 Å². The van der Waals surface area contributed by atoms with Gasteiger partial charge in [-0.1, -0.05) is 267 Å². The number of hydrogen-bond acceptors (Lipinski definition) is 17. The number of benzene rings is 15. The van der Waals surface area contributed by atoms with Crippen LogP contribution in [0.25, 0.3) is 0 Å². The quantitative estimate of drug-likeness (QED) is 0.0342. The molecule has 0 saturated carbocycles. The Morgan fingerprint density at radius 1 is 0.219 bits per heavy atom. The molecule has 0 aliphatic rings. The molecule has 23 heteroatoms. The second kappa shape index (κ2) is 54.1. The van der Waals surface area contributed by atoms with Crippen molar-refractivity contribution in [1.82, 2.24) is 0 Å². The van der Waals surface area contributed by atoms with Crippen LogP contribution in [0, 0.1) is 19.7 Å². The van der Waals surface area contributed by atoms with Gasteiger partial charge in [-0.05, 0) is 150 Å². The number of ether oxygens (including phenoxy) is 12. The minimum absolute atomic E-state index is 0.237. The van der Waals surface area contributed by atoms with E-state index in [1.54, 1.807) is 55.8 Å². The minimum atomic E-state index is -0.258. The first kappa shape index (κ1) is 104. The summed E-state index contributed by atoms with van der Waals surface area (Å²) >= 11 is 0. The van der Waals surface area contributed by atoms with Crippen molar-refractivity contribution in [3.05, 3.63) is 378 Å². The Kier molecular flexibility index (Phi) is 41.2. The van der Waals surface area contributed by atoms with Crippen molar-refractivity contribution in [3.8, 4) is 69.0 Å². The monoisotopic (exact) mass is 1930 g/mol. The van der Waals surface area contributed by atoms with E-state index in [2.05, 4.69) is 241 Å². The summed E-state index contributed by atoms with van der Waals surface area (Å²) in [4.78, 5) is 10.5. The normalized spacial score (nSPS) is 10.9. The summed E-state index contributed by atoms with van der Waals surface area (Å²) in [5, 5.41) is 11.6. The molecule has 0 fully saturated rings. The van der Waals surface area contributed by atoms with Crippen molar-refractivity contribution in [2.24, 2.45) is 0 Å². The smallest absolute Gasteiger partial charge is 0.169 e. The lowest BCUT2D eigenvalue weighted by molar-refractivity contribution is 0.286. The van der Waals surface area contributed by atoms with E-state index in [1.165, 1.54) is 61.2 Å². The zero-order valence-corrected chi connectivity index (χ0v) is 86.8. The fourth-order valence-corrected chi connectivity index (χ4v) is 21.5. The molecule has 0 bridgehead atoms. The SMILES string of the molecule is COc1cc(OC)c(OCc2ccccc2)c(Pc2ccc(F)cc2N(C)C)c1.COc1cc(OC)c(OCc2ccccc2)c(Pc2ccccc2N(C)C)c1.COc1ccc(OCc2ccccc2)c(Pc2ccc(C)cc2N(C)C)c1.COc1ccc(OCc2ccccc2)c(Pc2ccccc2N(C)C)c1.COc1cccc(Pc2c(C)cccc2N(C)C)c1OCc1ccccc1. The van der Waals surface area contributed by atoms with Crippen LogP contribution in [0.15, 0.2) is 334 Å². The highest BCUT2D eigenvalue weighted by Crippen LogP contribution is 2.40. The largest absolute Gasteiger partial charge is 0.497 e. The summed E-state index contributed by atoms with van der Waals surface area (Å²) in [7, 11) is 34.1. The van der Waals surface area contributed by atoms with E-state index in [-0.39, 0.29) is 14.4 Å². The number of aryl methyl sites for hydroxylation is 2. The standard InChI is InChI=1S/C23H25FNO3P.C23H26NO3P.2C23H26NO2P.C22H24NO2P/c1-25(2)19-12-17(24)10-11-21(19)29-22-14-18(26-3)13-20(27-4)23(22)28-15-16-8-6-5-7-9-16;1-24(2)19-12-8-9-13-21(19)28-22-15-18(25-3)14-20(26-4)23(22)27-16-17-10-6-5-7-11-17;1-17-10-8-13-19(24(2)3)23(17)27-21-15-9-14-20(25-4)22(21)26-16-18-11-6-5-7-12-18;1-17-10-13-22(20(14-17)24(2)3)27-23-15-19(25-4)11-12-21(23)26-16-18-8-6-5-7-9-18;1-23(2)19-11-7-8-12-21(19)26-22-15-18(24-3)13-14-20(22)25-16-17-9-5-4-6-10-17/h5-14,29H,15H2,1-4H3;5-15,28H,16H2,1-4H3;2*5-15,27H,16H2,1-4H3;4-15,26H,16H2,1-3H3. The summed E-state index contributed by atoms with van der Waals surface area (Å²) < 4.78 is 83.3. The summed E-state index contributed by atoms with van der Waals surface area (Å²) in [6.07, 6.45) is 0. The van der Waals surface area contributed by atoms with Crippen LogP contribution in [0.2, 0.25) is 0 Å². The van der Waals surface area contributed by atoms with Crippen molar-refractivity contribution in [2.45, 2.75) is 46.9 Å². The molecule has 0 aliphatic heterocycles. The summed E-state index contributed by atoms with van der Waals surface area (Å²) in [5.41, 5.74) is 13.9. The molecule has 15 aromatic rings. The average Bonchev–Trinajstić information content (AvgIpc) is 0.804. The van der Waals surface area contributed by atoms with Gasteiger partial charge in [0, 0.05) is 164 Å². The summed E-state index contributed by atoms with van der Waals surface area (Å²) in [6, 6.07) is 111. The van der Waals surface area contributed by atoms with Crippen LogP contribution in [0.4, 0.5) is 32.8 Å². The van der Waals surface area contributed by atoms with Crippen molar-refractivity contribution in [3.63, 3.8) is 0 Å². The lowest BCUT2D eigenvalue weighted by Crippen LogP contribution is -2.20. The van der Waals surface area contributed by atoms with E-state index < -0.39 is 0 Å². The van der Waals surface area contributed by atoms with Crippen LogP contribution in [-0.2, 0) is 33.0 Å². The second-order valence-electron chi connectivity index (χ2n) is 32.6. The van der Waals surface area contributed by atoms with Crippen LogP contribution in [0.5, 0.6) is 69.0 Å². The van der Waals surface area contributed by atoms with E-state index in [0.717, 1.165) is 111 Å². The van der Waals surface area contributed by atoms with Crippen LogP contribution in [0.3, 0.4) is 0 Å². The molecule has 15 rings (SSSR count). The van der Waals surface area contributed by atoms with Gasteiger partial charge in [-0.3, -0.25) is 0 Å². The van der Waals surface area contributed by atoms with E-state index in [1.807, 2.05) is 189 Å². The minimum Gasteiger partial charge on any atom is -0.497 e. The predicted molar refractivity (Wildman–Crippen MR) is 583 cm³/mol. The van der Waals surface area contributed by atoms with Crippen LogP contribution in [-0.4, -0.2) is 120 Å². The van der Waals surface area contributed by atoms with E-state index in [4.69, 9.17) is 56.8 Å². The maximum atomic E-state index is 13.8. The van der Waals surface area contributed by atoms with Crippen LogP contribution < -0.4 is 134 Å². The molecule has 0 amide bonds. The fourth-order valence-electron chi connectivity index (χ4n) is 14.4. The molecule has 15 aromatic carbocycles. The number of rotatable bonds is 37. The average molecular weight is 1930 g/mol. The Balaban J connectivity index is 0.000000164. The Hall–Kier alpha value is -13.0. The molecule has 137 heavy (non-hydrogen) atoms. The van der Waals surface area contributed by atoms with E-state index in [0.29, 0.717) is 90.4 Å². The molecule has 0 spiro atoms. The first-order valence-electron chi connectivity index (χ1n) is 44.8.